The van der Waals surface area contributed by atoms with E-state index < -0.39 is 0 Å². The molecule has 0 saturated heterocycles. The number of anilines is 3. The fourth-order valence-electron chi connectivity index (χ4n) is 2.95. The van der Waals surface area contributed by atoms with Crippen molar-refractivity contribution in [3.8, 4) is 5.69 Å². The van der Waals surface area contributed by atoms with Crippen LogP contribution in [0, 0.1) is 0 Å². The number of carbonyl (C=O) groups excluding carboxylic acids is 2. The van der Waals surface area contributed by atoms with Crippen molar-refractivity contribution in [3.05, 3.63) is 109 Å². The van der Waals surface area contributed by atoms with Crippen molar-refractivity contribution in [3.63, 3.8) is 0 Å². The number of para-hydroxylation sites is 2. The van der Waals surface area contributed by atoms with Gasteiger partial charge in [-0.1, -0.05) is 36.4 Å². The molecule has 0 spiro atoms. The van der Waals surface area contributed by atoms with Gasteiger partial charge >= 0.3 is 6.03 Å². The summed E-state index contributed by atoms with van der Waals surface area (Å²) in [6, 6.07) is 25.4. The summed E-state index contributed by atoms with van der Waals surface area (Å²) in [6.07, 6.45) is 6.69. The van der Waals surface area contributed by atoms with Crippen LogP contribution in [-0.2, 0) is 4.79 Å². The first kappa shape index (κ1) is 20.6. The number of hydrogen-bond acceptors (Lipinski definition) is 3. The molecular weight excluding hydrogens is 402 g/mol. The Morgan fingerprint density at radius 3 is 1.94 bits per heavy atom. The largest absolute Gasteiger partial charge is 0.323 e. The lowest BCUT2D eigenvalue weighted by Crippen LogP contribution is -2.19. The summed E-state index contributed by atoms with van der Waals surface area (Å²) < 4.78 is 1.75. The standard InChI is InChI=1S/C25H21N5O2/c31-24(16-11-19-17-26-30(18-19)23-9-5-2-6-10-23)27-21-12-14-22(15-13-21)29-25(32)28-20-7-3-1-4-8-20/h1-18H,(H,27,31)(H2,28,29,32)/b16-11-. The van der Waals surface area contributed by atoms with E-state index in [1.807, 2.05) is 54.7 Å². The molecule has 1 aromatic heterocycles. The predicted octanol–water partition coefficient (Wildman–Crippen LogP) is 5.17. The Morgan fingerprint density at radius 1 is 0.719 bits per heavy atom. The quantitative estimate of drug-likeness (QED) is 0.374. The van der Waals surface area contributed by atoms with E-state index in [-0.39, 0.29) is 11.9 Å². The van der Waals surface area contributed by atoms with Crippen molar-refractivity contribution in [2.24, 2.45) is 0 Å². The second-order valence-corrected chi connectivity index (χ2v) is 6.90. The molecule has 0 bridgehead atoms. The number of hydrogen-bond donors (Lipinski definition) is 3. The number of carbonyl (C=O) groups is 2. The van der Waals surface area contributed by atoms with Gasteiger partial charge < -0.3 is 16.0 Å². The van der Waals surface area contributed by atoms with Crippen molar-refractivity contribution < 1.29 is 9.59 Å². The number of benzene rings is 3. The molecule has 4 rings (SSSR count). The lowest BCUT2D eigenvalue weighted by atomic mass is 10.2. The fourth-order valence-corrected chi connectivity index (χ4v) is 2.95. The van der Waals surface area contributed by atoms with Crippen LogP contribution >= 0.6 is 0 Å². The topological polar surface area (TPSA) is 88.1 Å². The fraction of sp³-hybridized carbons (Fsp3) is 0. The number of nitrogens with one attached hydrogen (secondary N) is 3. The van der Waals surface area contributed by atoms with Gasteiger partial charge in [0.2, 0.25) is 5.91 Å². The van der Waals surface area contributed by atoms with Crippen LogP contribution in [0.25, 0.3) is 11.8 Å². The van der Waals surface area contributed by atoms with Crippen LogP contribution in [0.1, 0.15) is 5.56 Å². The van der Waals surface area contributed by atoms with Crippen LogP contribution in [0.5, 0.6) is 0 Å². The molecule has 0 saturated carbocycles. The molecular formula is C25H21N5O2. The van der Waals surface area contributed by atoms with Gasteiger partial charge in [0.05, 0.1) is 11.9 Å². The highest BCUT2D eigenvalue weighted by atomic mass is 16.2. The Bertz CT molecular complexity index is 1220. The van der Waals surface area contributed by atoms with Crippen molar-refractivity contribution in [1.29, 1.82) is 0 Å². The third-order valence-electron chi connectivity index (χ3n) is 4.49. The number of amides is 3. The Morgan fingerprint density at radius 2 is 1.28 bits per heavy atom. The maximum absolute atomic E-state index is 12.2. The SMILES string of the molecule is O=C(/C=C\c1cnn(-c2ccccc2)c1)Nc1ccc(NC(=O)Nc2ccccc2)cc1. The second kappa shape index (κ2) is 9.90. The number of urea groups is 1. The molecule has 0 aliphatic carbocycles. The molecule has 3 aromatic carbocycles. The Labute approximate surface area is 185 Å². The van der Waals surface area contributed by atoms with E-state index in [1.54, 1.807) is 53.4 Å². The molecule has 0 aliphatic rings. The maximum atomic E-state index is 12.2. The monoisotopic (exact) mass is 423 g/mol. The first-order valence-corrected chi connectivity index (χ1v) is 9.98. The average molecular weight is 423 g/mol. The van der Waals surface area contributed by atoms with Crippen LogP contribution in [0.3, 0.4) is 0 Å². The first-order chi connectivity index (χ1) is 15.7. The summed E-state index contributed by atoms with van der Waals surface area (Å²) in [5.41, 5.74) is 3.69. The summed E-state index contributed by atoms with van der Waals surface area (Å²) in [6.45, 7) is 0. The number of aromatic nitrogens is 2. The normalized spacial score (nSPS) is 10.6. The van der Waals surface area contributed by atoms with Crippen LogP contribution in [-0.4, -0.2) is 21.7 Å². The third kappa shape index (κ3) is 5.70. The van der Waals surface area contributed by atoms with Crippen LogP contribution in [0.4, 0.5) is 21.9 Å². The Balaban J connectivity index is 1.29. The van der Waals surface area contributed by atoms with E-state index in [2.05, 4.69) is 21.0 Å². The average Bonchev–Trinajstić information content (AvgIpc) is 3.29. The van der Waals surface area contributed by atoms with E-state index in [1.165, 1.54) is 6.08 Å². The molecule has 0 atom stereocenters. The first-order valence-electron chi connectivity index (χ1n) is 9.98. The molecule has 158 valence electrons. The highest BCUT2D eigenvalue weighted by Crippen LogP contribution is 2.15. The lowest BCUT2D eigenvalue weighted by molar-refractivity contribution is -0.111. The van der Waals surface area contributed by atoms with E-state index in [0.717, 1.165) is 11.3 Å². The number of nitrogens with zero attached hydrogens (tertiary/aromatic N) is 2. The summed E-state index contributed by atoms with van der Waals surface area (Å²) in [7, 11) is 0. The van der Waals surface area contributed by atoms with Gasteiger partial charge in [-0.3, -0.25) is 4.79 Å². The predicted molar refractivity (Wildman–Crippen MR) is 127 cm³/mol. The van der Waals surface area contributed by atoms with Gasteiger partial charge in [-0.2, -0.15) is 5.10 Å². The van der Waals surface area contributed by atoms with Gasteiger partial charge in [0.1, 0.15) is 0 Å². The molecule has 0 unspecified atom stereocenters. The summed E-state index contributed by atoms with van der Waals surface area (Å²) >= 11 is 0. The zero-order chi connectivity index (χ0) is 22.2. The van der Waals surface area contributed by atoms with E-state index in [0.29, 0.717) is 17.1 Å². The van der Waals surface area contributed by atoms with Crippen molar-refractivity contribution >= 4 is 35.1 Å². The minimum atomic E-state index is -0.341. The summed E-state index contributed by atoms with van der Waals surface area (Å²) in [5, 5.41) is 12.6. The van der Waals surface area contributed by atoms with Gasteiger partial charge in [0.25, 0.3) is 0 Å². The van der Waals surface area contributed by atoms with E-state index in [9.17, 15) is 9.59 Å². The van der Waals surface area contributed by atoms with Crippen LogP contribution < -0.4 is 16.0 Å². The summed E-state index contributed by atoms with van der Waals surface area (Å²) in [5.74, 6) is -0.264. The molecule has 0 aliphatic heterocycles. The minimum Gasteiger partial charge on any atom is -0.323 e. The zero-order valence-corrected chi connectivity index (χ0v) is 17.1. The molecule has 0 radical (unpaired) electrons. The second-order valence-electron chi connectivity index (χ2n) is 6.90. The molecule has 7 heteroatoms. The molecule has 0 fully saturated rings. The van der Waals surface area contributed by atoms with Gasteiger partial charge in [-0.15, -0.1) is 0 Å². The maximum Gasteiger partial charge on any atom is 0.323 e. The number of rotatable bonds is 6. The highest BCUT2D eigenvalue weighted by Gasteiger charge is 2.04. The smallest absolute Gasteiger partial charge is 0.323 e. The third-order valence-corrected chi connectivity index (χ3v) is 4.49. The Kier molecular flexibility index (Phi) is 6.38. The molecule has 1 heterocycles. The van der Waals surface area contributed by atoms with E-state index in [4.69, 9.17) is 0 Å². The van der Waals surface area contributed by atoms with Gasteiger partial charge in [0, 0.05) is 34.9 Å². The van der Waals surface area contributed by atoms with Crippen LogP contribution in [0.2, 0.25) is 0 Å². The molecule has 32 heavy (non-hydrogen) atoms. The van der Waals surface area contributed by atoms with Crippen molar-refractivity contribution in [2.75, 3.05) is 16.0 Å². The van der Waals surface area contributed by atoms with E-state index >= 15 is 0 Å². The molecule has 3 amide bonds. The van der Waals surface area contributed by atoms with Crippen LogP contribution in [0.15, 0.2) is 103 Å². The Hall–Kier alpha value is -4.65. The molecule has 3 N–H and O–H groups in total. The van der Waals surface area contributed by atoms with Gasteiger partial charge in [-0.05, 0) is 54.6 Å². The highest BCUT2D eigenvalue weighted by molar-refractivity contribution is 6.02. The molecule has 4 aromatic rings. The molecule has 7 nitrogen and oxygen atoms in total. The lowest BCUT2D eigenvalue weighted by Gasteiger charge is -2.08. The van der Waals surface area contributed by atoms with Crippen molar-refractivity contribution in [2.45, 2.75) is 0 Å². The van der Waals surface area contributed by atoms with Crippen molar-refractivity contribution in [1.82, 2.24) is 9.78 Å². The van der Waals surface area contributed by atoms with Gasteiger partial charge in [-0.25, -0.2) is 9.48 Å². The van der Waals surface area contributed by atoms with Gasteiger partial charge in [0.15, 0.2) is 0 Å². The minimum absolute atomic E-state index is 0.264. The summed E-state index contributed by atoms with van der Waals surface area (Å²) in [4.78, 5) is 24.3. The zero-order valence-electron chi connectivity index (χ0n) is 17.1.